The number of hydrogen-bond donors (Lipinski definition) is 0. The van der Waals surface area contributed by atoms with Gasteiger partial charge in [-0.25, -0.2) is 0 Å². The van der Waals surface area contributed by atoms with Gasteiger partial charge in [0, 0.05) is 14.2 Å². The molecule has 2 nitrogen and oxygen atoms in total. The van der Waals surface area contributed by atoms with Crippen LogP contribution in [0.25, 0.3) is 0 Å². The molecule has 0 aliphatic carbocycles. The lowest BCUT2D eigenvalue weighted by Gasteiger charge is -2.35. The zero-order valence-corrected chi connectivity index (χ0v) is 11.7. The van der Waals surface area contributed by atoms with Crippen LogP contribution in [0, 0.1) is 0 Å². The van der Waals surface area contributed by atoms with Gasteiger partial charge >= 0.3 is 0 Å². The molecule has 90 valence electrons. The van der Waals surface area contributed by atoms with E-state index in [1.54, 1.807) is 14.2 Å². The lowest BCUT2D eigenvalue weighted by Crippen LogP contribution is -2.58. The van der Waals surface area contributed by atoms with Gasteiger partial charge in [-0.15, -0.1) is 0 Å². The highest BCUT2D eigenvalue weighted by Gasteiger charge is 2.40. The minimum absolute atomic E-state index is 0.0510. The molecule has 0 saturated heterocycles. The van der Waals surface area contributed by atoms with E-state index in [2.05, 4.69) is 44.2 Å². The van der Waals surface area contributed by atoms with Crippen molar-refractivity contribution < 1.29 is 9.47 Å². The Kier molecular flexibility index (Phi) is 5.18. The van der Waals surface area contributed by atoms with E-state index in [4.69, 9.17) is 9.47 Å². The fraction of sp³-hybridized carbons (Fsp3) is 0.538. The number of ether oxygens (including phenoxy) is 2. The van der Waals surface area contributed by atoms with Crippen molar-refractivity contribution in [1.29, 1.82) is 0 Å². The summed E-state index contributed by atoms with van der Waals surface area (Å²) < 4.78 is 11.1. The van der Waals surface area contributed by atoms with Crippen LogP contribution in [0.15, 0.2) is 30.3 Å². The van der Waals surface area contributed by atoms with Crippen molar-refractivity contribution in [1.82, 2.24) is 0 Å². The van der Waals surface area contributed by atoms with Crippen LogP contribution in [0.1, 0.15) is 13.8 Å². The first kappa shape index (κ1) is 13.4. The summed E-state index contributed by atoms with van der Waals surface area (Å²) in [5.74, 6) is -0.0510. The number of hydrogen-bond acceptors (Lipinski definition) is 2. The second-order valence-electron chi connectivity index (χ2n) is 4.03. The monoisotopic (exact) mass is 238 g/mol. The maximum Gasteiger partial charge on any atom is 0.152 e. The second kappa shape index (κ2) is 6.18. The van der Waals surface area contributed by atoms with Crippen LogP contribution >= 0.6 is 0 Å². The van der Waals surface area contributed by atoms with Crippen LogP contribution in [0.2, 0.25) is 12.1 Å². The van der Waals surface area contributed by atoms with Gasteiger partial charge in [0.15, 0.2) is 8.07 Å². The van der Waals surface area contributed by atoms with E-state index < -0.39 is 8.07 Å². The molecule has 0 aliphatic rings. The quantitative estimate of drug-likeness (QED) is 0.560. The zero-order chi connectivity index (χ0) is 12.0. The molecule has 1 aromatic carbocycles. The number of methoxy groups -OCH3 is 2. The van der Waals surface area contributed by atoms with E-state index in [0.717, 1.165) is 12.1 Å². The van der Waals surface area contributed by atoms with Crippen molar-refractivity contribution in [2.75, 3.05) is 14.2 Å². The lowest BCUT2D eigenvalue weighted by atomic mass is 10.4. The Labute approximate surface area is 99.6 Å². The van der Waals surface area contributed by atoms with Gasteiger partial charge < -0.3 is 9.47 Å². The smallest absolute Gasteiger partial charge is 0.152 e. The first-order valence-electron chi connectivity index (χ1n) is 5.86. The average Bonchev–Trinajstić information content (AvgIpc) is 2.37. The zero-order valence-electron chi connectivity index (χ0n) is 10.7. The van der Waals surface area contributed by atoms with Crippen molar-refractivity contribution in [2.24, 2.45) is 0 Å². The van der Waals surface area contributed by atoms with E-state index in [0.29, 0.717) is 0 Å². The third-order valence-corrected chi connectivity index (χ3v) is 8.87. The summed E-state index contributed by atoms with van der Waals surface area (Å²) in [6, 6.07) is 13.0. The third-order valence-electron chi connectivity index (χ3n) is 3.49. The third kappa shape index (κ3) is 2.37. The second-order valence-corrected chi connectivity index (χ2v) is 8.81. The molecule has 3 heteroatoms. The highest BCUT2D eigenvalue weighted by molar-refractivity contribution is 6.92. The molecule has 0 saturated carbocycles. The molecule has 16 heavy (non-hydrogen) atoms. The number of rotatable bonds is 6. The first-order valence-corrected chi connectivity index (χ1v) is 8.35. The standard InChI is InChI=1S/C13H22O2Si/c1-5-16(6-2,13(14-3)15-4)12-10-8-7-9-11-12/h7-11,13H,5-6H2,1-4H3. The Balaban J connectivity index is 3.14. The molecule has 0 atom stereocenters. The molecule has 1 aromatic rings. The van der Waals surface area contributed by atoms with Crippen molar-refractivity contribution in [2.45, 2.75) is 31.8 Å². The summed E-state index contributed by atoms with van der Waals surface area (Å²) in [6.45, 7) is 4.49. The Morgan fingerprint density at radius 3 is 1.88 bits per heavy atom. The summed E-state index contributed by atoms with van der Waals surface area (Å²) in [6.07, 6.45) is 0. The van der Waals surface area contributed by atoms with Gasteiger partial charge in [-0.05, 0) is 0 Å². The van der Waals surface area contributed by atoms with Gasteiger partial charge in [0.05, 0.1) is 0 Å². The van der Waals surface area contributed by atoms with E-state index in [1.807, 2.05) is 0 Å². The molecule has 0 amide bonds. The summed E-state index contributed by atoms with van der Waals surface area (Å²) >= 11 is 0. The van der Waals surface area contributed by atoms with E-state index in [9.17, 15) is 0 Å². The van der Waals surface area contributed by atoms with Gasteiger partial charge in [-0.3, -0.25) is 0 Å². The normalized spacial score (nSPS) is 12.1. The summed E-state index contributed by atoms with van der Waals surface area (Å²) in [5.41, 5.74) is 0. The van der Waals surface area contributed by atoms with Crippen molar-refractivity contribution >= 4 is 13.3 Å². The summed E-state index contributed by atoms with van der Waals surface area (Å²) in [4.78, 5) is 0. The molecule has 0 spiro atoms. The molecule has 0 radical (unpaired) electrons. The van der Waals surface area contributed by atoms with Gasteiger partial charge in [0.25, 0.3) is 0 Å². The molecule has 0 heterocycles. The minimum atomic E-state index is -1.69. The van der Waals surface area contributed by atoms with E-state index >= 15 is 0 Å². The Morgan fingerprint density at radius 2 is 1.50 bits per heavy atom. The largest absolute Gasteiger partial charge is 0.359 e. The van der Waals surface area contributed by atoms with E-state index in [-0.39, 0.29) is 5.91 Å². The maximum absolute atomic E-state index is 5.54. The molecule has 0 aliphatic heterocycles. The topological polar surface area (TPSA) is 18.5 Å². The summed E-state index contributed by atoms with van der Waals surface area (Å²) in [7, 11) is 1.79. The average molecular weight is 238 g/mol. The van der Waals surface area contributed by atoms with Crippen LogP contribution in [-0.2, 0) is 9.47 Å². The van der Waals surface area contributed by atoms with Crippen LogP contribution in [0.5, 0.6) is 0 Å². The lowest BCUT2D eigenvalue weighted by molar-refractivity contribution is -0.0497. The van der Waals surface area contributed by atoms with Crippen LogP contribution in [0.3, 0.4) is 0 Å². The highest BCUT2D eigenvalue weighted by Crippen LogP contribution is 2.22. The molecular formula is C13H22O2Si. The molecule has 1 rings (SSSR count). The molecule has 0 unspecified atom stereocenters. The van der Waals surface area contributed by atoms with Crippen LogP contribution < -0.4 is 5.19 Å². The van der Waals surface area contributed by atoms with Gasteiger partial charge in [-0.2, -0.15) is 0 Å². The van der Waals surface area contributed by atoms with E-state index in [1.165, 1.54) is 5.19 Å². The number of benzene rings is 1. The fourth-order valence-corrected chi connectivity index (χ4v) is 6.46. The molecular weight excluding hydrogens is 216 g/mol. The van der Waals surface area contributed by atoms with Crippen molar-refractivity contribution in [3.63, 3.8) is 0 Å². The highest BCUT2D eigenvalue weighted by atomic mass is 28.3. The predicted molar refractivity (Wildman–Crippen MR) is 70.6 cm³/mol. The molecule has 0 N–H and O–H groups in total. The fourth-order valence-electron chi connectivity index (χ4n) is 2.45. The molecule has 0 aromatic heterocycles. The van der Waals surface area contributed by atoms with Crippen molar-refractivity contribution in [3.05, 3.63) is 30.3 Å². The maximum atomic E-state index is 5.54. The van der Waals surface area contributed by atoms with Crippen LogP contribution in [0.4, 0.5) is 0 Å². The van der Waals surface area contributed by atoms with Gasteiger partial charge in [0.1, 0.15) is 5.91 Å². The predicted octanol–water partition coefficient (Wildman–Crippen LogP) is 2.54. The van der Waals surface area contributed by atoms with Gasteiger partial charge in [-0.1, -0.05) is 61.5 Å². The first-order chi connectivity index (χ1) is 7.75. The summed E-state index contributed by atoms with van der Waals surface area (Å²) in [5, 5.41) is 1.42. The minimum Gasteiger partial charge on any atom is -0.359 e. The van der Waals surface area contributed by atoms with Gasteiger partial charge in [0.2, 0.25) is 0 Å². The molecule has 0 bridgehead atoms. The molecule has 0 fully saturated rings. The van der Waals surface area contributed by atoms with Crippen LogP contribution in [-0.4, -0.2) is 28.2 Å². The Bertz CT molecular complexity index is 292. The Hall–Kier alpha value is -0.643. The Morgan fingerprint density at radius 1 is 1.00 bits per heavy atom. The SMILES string of the molecule is CC[Si](CC)(c1ccccc1)C(OC)OC. The van der Waals surface area contributed by atoms with Crippen molar-refractivity contribution in [3.8, 4) is 0 Å².